The number of carbonyl (C=O) groups excluding carboxylic acids is 1. The van der Waals surface area contributed by atoms with E-state index in [0.29, 0.717) is 11.5 Å². The van der Waals surface area contributed by atoms with Crippen LogP contribution in [0.3, 0.4) is 0 Å². The predicted molar refractivity (Wildman–Crippen MR) is 112 cm³/mol. The van der Waals surface area contributed by atoms with E-state index in [2.05, 4.69) is 5.32 Å². The van der Waals surface area contributed by atoms with Crippen LogP contribution in [0, 0.1) is 5.92 Å². The van der Waals surface area contributed by atoms with Crippen LogP contribution in [0.4, 0.5) is 0 Å². The van der Waals surface area contributed by atoms with Crippen molar-refractivity contribution < 1.29 is 22.7 Å². The SMILES string of the molecule is COc1ccc([C@@H]2CN(S(=O)(=O)c3ccccc3)C[C@@H]2C(=O)NC2CC2)c(OC)c1. The van der Waals surface area contributed by atoms with E-state index in [1.807, 2.05) is 12.1 Å². The van der Waals surface area contributed by atoms with E-state index in [-0.39, 0.29) is 35.9 Å². The van der Waals surface area contributed by atoms with Crippen molar-refractivity contribution >= 4 is 15.9 Å². The first-order valence-electron chi connectivity index (χ1n) is 10.0. The maximum absolute atomic E-state index is 13.2. The number of nitrogens with one attached hydrogen (secondary N) is 1. The van der Waals surface area contributed by atoms with Gasteiger partial charge in [-0.25, -0.2) is 8.42 Å². The minimum absolute atomic E-state index is 0.105. The largest absolute Gasteiger partial charge is 0.497 e. The summed E-state index contributed by atoms with van der Waals surface area (Å²) in [6, 6.07) is 14.0. The number of rotatable bonds is 7. The lowest BCUT2D eigenvalue weighted by Gasteiger charge is -2.21. The Kier molecular flexibility index (Phi) is 5.71. The summed E-state index contributed by atoms with van der Waals surface area (Å²) in [5.41, 5.74) is 0.806. The highest BCUT2D eigenvalue weighted by atomic mass is 32.2. The molecule has 0 spiro atoms. The Hall–Kier alpha value is -2.58. The van der Waals surface area contributed by atoms with Gasteiger partial charge < -0.3 is 14.8 Å². The van der Waals surface area contributed by atoms with Gasteiger partial charge >= 0.3 is 0 Å². The van der Waals surface area contributed by atoms with Gasteiger partial charge in [-0.05, 0) is 36.6 Å². The van der Waals surface area contributed by atoms with Gasteiger partial charge in [0.05, 0.1) is 25.0 Å². The van der Waals surface area contributed by atoms with Crippen molar-refractivity contribution in [3.05, 3.63) is 54.1 Å². The number of nitrogens with zero attached hydrogens (tertiary/aromatic N) is 1. The molecule has 30 heavy (non-hydrogen) atoms. The Bertz CT molecular complexity index is 1020. The molecular weight excluding hydrogens is 404 g/mol. The van der Waals surface area contributed by atoms with Crippen molar-refractivity contribution in [2.75, 3.05) is 27.3 Å². The summed E-state index contributed by atoms with van der Waals surface area (Å²) in [6.07, 6.45) is 1.95. The molecule has 0 bridgehead atoms. The molecule has 0 radical (unpaired) electrons. The van der Waals surface area contributed by atoms with Crippen LogP contribution < -0.4 is 14.8 Å². The predicted octanol–water partition coefficient (Wildman–Crippen LogP) is 2.39. The first kappa shape index (κ1) is 20.7. The Morgan fingerprint density at radius 1 is 1.03 bits per heavy atom. The van der Waals surface area contributed by atoms with E-state index in [1.54, 1.807) is 50.6 Å². The lowest BCUT2D eigenvalue weighted by Crippen LogP contribution is -2.36. The molecule has 1 aliphatic heterocycles. The zero-order valence-electron chi connectivity index (χ0n) is 17.1. The van der Waals surface area contributed by atoms with Crippen LogP contribution >= 0.6 is 0 Å². The quantitative estimate of drug-likeness (QED) is 0.729. The minimum atomic E-state index is -3.70. The summed E-state index contributed by atoms with van der Waals surface area (Å²) >= 11 is 0. The molecule has 2 atom stereocenters. The molecule has 2 aliphatic rings. The van der Waals surface area contributed by atoms with Crippen molar-refractivity contribution in [2.24, 2.45) is 5.92 Å². The molecule has 160 valence electrons. The van der Waals surface area contributed by atoms with E-state index < -0.39 is 15.9 Å². The fourth-order valence-corrected chi connectivity index (χ4v) is 5.46. The third-order valence-corrected chi connectivity index (χ3v) is 7.61. The number of hydrogen-bond donors (Lipinski definition) is 1. The Balaban J connectivity index is 1.69. The maximum atomic E-state index is 13.2. The molecule has 4 rings (SSSR count). The molecular formula is C22H26N2O5S. The van der Waals surface area contributed by atoms with Crippen LogP contribution in [0.5, 0.6) is 11.5 Å². The van der Waals surface area contributed by atoms with E-state index in [0.717, 1.165) is 18.4 Å². The van der Waals surface area contributed by atoms with Crippen molar-refractivity contribution in [3.63, 3.8) is 0 Å². The van der Waals surface area contributed by atoms with Crippen LogP contribution in [0.1, 0.15) is 24.3 Å². The second-order valence-electron chi connectivity index (χ2n) is 7.74. The number of sulfonamides is 1. The molecule has 8 heteroatoms. The number of hydrogen-bond acceptors (Lipinski definition) is 5. The number of amides is 1. The van der Waals surface area contributed by atoms with E-state index >= 15 is 0 Å². The normalized spacial score (nSPS) is 21.9. The number of carbonyl (C=O) groups is 1. The summed E-state index contributed by atoms with van der Waals surface area (Å²) in [5.74, 6) is 0.310. The standard InChI is InChI=1S/C22H26N2O5S/c1-28-16-10-11-18(21(12-16)29-2)19-13-24(14-20(19)22(25)23-15-8-9-15)30(26,27)17-6-4-3-5-7-17/h3-7,10-12,15,19-20H,8-9,13-14H2,1-2H3,(H,23,25)/t19-,20-/m0/s1. The number of methoxy groups -OCH3 is 2. The molecule has 1 amide bonds. The first-order valence-corrected chi connectivity index (χ1v) is 11.5. The van der Waals surface area contributed by atoms with Crippen molar-refractivity contribution in [1.82, 2.24) is 9.62 Å². The third kappa shape index (κ3) is 4.02. The average molecular weight is 431 g/mol. The van der Waals surface area contributed by atoms with Gasteiger partial charge in [0.15, 0.2) is 0 Å². The smallest absolute Gasteiger partial charge is 0.243 e. The molecule has 0 aromatic heterocycles. The highest BCUT2D eigenvalue weighted by Crippen LogP contribution is 2.41. The molecule has 1 saturated carbocycles. The van der Waals surface area contributed by atoms with Crippen LogP contribution in [0.25, 0.3) is 0 Å². The zero-order chi connectivity index (χ0) is 21.3. The molecule has 1 N–H and O–H groups in total. The van der Waals surface area contributed by atoms with Gasteiger partial charge in [-0.1, -0.05) is 24.3 Å². The van der Waals surface area contributed by atoms with Gasteiger partial charge in [0, 0.05) is 31.1 Å². The zero-order valence-corrected chi connectivity index (χ0v) is 17.9. The van der Waals surface area contributed by atoms with Gasteiger partial charge in [-0.2, -0.15) is 4.31 Å². The molecule has 2 fully saturated rings. The maximum Gasteiger partial charge on any atom is 0.243 e. The van der Waals surface area contributed by atoms with Crippen LogP contribution in [-0.4, -0.2) is 52.0 Å². The molecule has 1 heterocycles. The van der Waals surface area contributed by atoms with E-state index in [1.165, 1.54) is 4.31 Å². The fourth-order valence-electron chi connectivity index (χ4n) is 3.95. The molecule has 1 aliphatic carbocycles. The van der Waals surface area contributed by atoms with Gasteiger partial charge in [0.25, 0.3) is 0 Å². The van der Waals surface area contributed by atoms with Crippen molar-refractivity contribution in [3.8, 4) is 11.5 Å². The van der Waals surface area contributed by atoms with Crippen LogP contribution in [0.2, 0.25) is 0 Å². The van der Waals surface area contributed by atoms with Crippen LogP contribution in [0.15, 0.2) is 53.4 Å². The summed E-state index contributed by atoms with van der Waals surface area (Å²) in [7, 11) is -0.569. The Morgan fingerprint density at radius 3 is 2.40 bits per heavy atom. The fraction of sp³-hybridized carbons (Fsp3) is 0.409. The Morgan fingerprint density at radius 2 is 1.77 bits per heavy atom. The van der Waals surface area contributed by atoms with E-state index in [4.69, 9.17) is 9.47 Å². The topological polar surface area (TPSA) is 84.9 Å². The summed E-state index contributed by atoms with van der Waals surface area (Å²) in [5, 5.41) is 3.04. The Labute approximate surface area is 177 Å². The van der Waals surface area contributed by atoms with Crippen LogP contribution in [-0.2, 0) is 14.8 Å². The monoisotopic (exact) mass is 430 g/mol. The van der Waals surface area contributed by atoms with Gasteiger partial charge in [0.2, 0.25) is 15.9 Å². The molecule has 0 unspecified atom stereocenters. The van der Waals surface area contributed by atoms with Gasteiger partial charge in [-0.15, -0.1) is 0 Å². The number of ether oxygens (including phenoxy) is 2. The molecule has 2 aromatic rings. The molecule has 2 aromatic carbocycles. The second kappa shape index (κ2) is 8.28. The number of benzene rings is 2. The molecule has 7 nitrogen and oxygen atoms in total. The first-order chi connectivity index (χ1) is 14.4. The highest BCUT2D eigenvalue weighted by Gasteiger charge is 2.45. The van der Waals surface area contributed by atoms with Crippen molar-refractivity contribution in [2.45, 2.75) is 29.7 Å². The lowest BCUT2D eigenvalue weighted by molar-refractivity contribution is -0.125. The minimum Gasteiger partial charge on any atom is -0.497 e. The summed E-state index contributed by atoms with van der Waals surface area (Å²) in [4.78, 5) is 13.2. The average Bonchev–Trinajstić information content (AvgIpc) is 3.46. The lowest BCUT2D eigenvalue weighted by atomic mass is 9.87. The second-order valence-corrected chi connectivity index (χ2v) is 9.68. The van der Waals surface area contributed by atoms with Crippen molar-refractivity contribution in [1.29, 1.82) is 0 Å². The highest BCUT2D eigenvalue weighted by molar-refractivity contribution is 7.89. The summed E-state index contributed by atoms with van der Waals surface area (Å²) in [6.45, 7) is 0.346. The summed E-state index contributed by atoms with van der Waals surface area (Å²) < 4.78 is 38.7. The van der Waals surface area contributed by atoms with Gasteiger partial charge in [-0.3, -0.25) is 4.79 Å². The third-order valence-electron chi connectivity index (χ3n) is 5.77. The molecule has 1 saturated heterocycles. The van der Waals surface area contributed by atoms with E-state index in [9.17, 15) is 13.2 Å². The van der Waals surface area contributed by atoms with Gasteiger partial charge in [0.1, 0.15) is 11.5 Å².